The molecule has 0 aliphatic rings. The van der Waals surface area contributed by atoms with E-state index in [9.17, 15) is 4.79 Å². The molecule has 2 heterocycles. The van der Waals surface area contributed by atoms with Gasteiger partial charge in [0.05, 0.1) is 11.4 Å². The summed E-state index contributed by atoms with van der Waals surface area (Å²) in [6, 6.07) is 11.5. The quantitative estimate of drug-likeness (QED) is 0.526. The zero-order valence-corrected chi connectivity index (χ0v) is 15.8. The molecule has 0 unspecified atom stereocenters. The molecule has 0 fully saturated rings. The first kappa shape index (κ1) is 17.7. The van der Waals surface area contributed by atoms with Crippen molar-refractivity contribution in [2.75, 3.05) is 0 Å². The molecule has 0 aliphatic carbocycles. The predicted molar refractivity (Wildman–Crippen MR) is 102 cm³/mol. The van der Waals surface area contributed by atoms with Gasteiger partial charge in [0.2, 0.25) is 0 Å². The van der Waals surface area contributed by atoms with Crippen molar-refractivity contribution in [2.45, 2.75) is 20.5 Å². The van der Waals surface area contributed by atoms with Crippen LogP contribution in [0.2, 0.25) is 0 Å². The summed E-state index contributed by atoms with van der Waals surface area (Å²) < 4.78 is 10.2. The third kappa shape index (κ3) is 3.18. The van der Waals surface area contributed by atoms with E-state index in [2.05, 4.69) is 20.5 Å². The summed E-state index contributed by atoms with van der Waals surface area (Å²) in [5.74, 6) is 0.754. The molecule has 28 heavy (non-hydrogen) atoms. The molecule has 0 N–H and O–H groups in total. The summed E-state index contributed by atoms with van der Waals surface area (Å²) in [7, 11) is 1.57. The van der Waals surface area contributed by atoms with Gasteiger partial charge in [-0.1, -0.05) is 12.1 Å². The molecule has 0 bridgehead atoms. The normalized spacial score (nSPS) is 11.0. The van der Waals surface area contributed by atoms with Gasteiger partial charge in [0.15, 0.2) is 0 Å². The maximum Gasteiger partial charge on any atom is 0.368 e. The highest BCUT2D eigenvalue weighted by molar-refractivity contribution is 5.46. The molecule has 0 saturated carbocycles. The number of ether oxygens (including phenoxy) is 1. The highest BCUT2D eigenvalue weighted by Gasteiger charge is 2.14. The van der Waals surface area contributed by atoms with E-state index in [-0.39, 0.29) is 5.69 Å². The SMILES string of the molecule is Cc1cc(-n2cncn2)ccc1OCc1c(C)cccc1-n1nnn(C)c1=O. The van der Waals surface area contributed by atoms with E-state index in [0.717, 1.165) is 28.1 Å². The van der Waals surface area contributed by atoms with Gasteiger partial charge in [-0.05, 0) is 59.7 Å². The minimum Gasteiger partial charge on any atom is -0.489 e. The Hall–Kier alpha value is -3.75. The summed E-state index contributed by atoms with van der Waals surface area (Å²) in [6.45, 7) is 4.25. The maximum absolute atomic E-state index is 12.3. The minimum absolute atomic E-state index is 0.300. The van der Waals surface area contributed by atoms with Crippen LogP contribution in [0, 0.1) is 13.8 Å². The lowest BCUT2D eigenvalue weighted by molar-refractivity contribution is 0.302. The summed E-state index contributed by atoms with van der Waals surface area (Å²) in [5, 5.41) is 11.9. The van der Waals surface area contributed by atoms with Crippen LogP contribution >= 0.6 is 0 Å². The molecule has 4 aromatic rings. The third-order valence-corrected chi connectivity index (χ3v) is 4.55. The van der Waals surface area contributed by atoms with Crippen molar-refractivity contribution >= 4 is 0 Å². The number of nitrogens with zero attached hydrogens (tertiary/aromatic N) is 7. The second-order valence-corrected chi connectivity index (χ2v) is 6.45. The van der Waals surface area contributed by atoms with Crippen molar-refractivity contribution in [2.24, 2.45) is 7.05 Å². The van der Waals surface area contributed by atoms with Gasteiger partial charge in [-0.15, -0.1) is 0 Å². The van der Waals surface area contributed by atoms with Crippen molar-refractivity contribution in [3.63, 3.8) is 0 Å². The molecule has 0 saturated heterocycles. The Labute approximate surface area is 160 Å². The first-order valence-corrected chi connectivity index (χ1v) is 8.71. The number of benzene rings is 2. The molecule has 0 atom stereocenters. The number of hydrogen-bond donors (Lipinski definition) is 0. The lowest BCUT2D eigenvalue weighted by atomic mass is 10.1. The van der Waals surface area contributed by atoms with Gasteiger partial charge in [0.25, 0.3) is 0 Å². The smallest absolute Gasteiger partial charge is 0.368 e. The van der Waals surface area contributed by atoms with Crippen LogP contribution in [0.5, 0.6) is 5.75 Å². The van der Waals surface area contributed by atoms with E-state index in [1.54, 1.807) is 18.1 Å². The summed E-state index contributed by atoms with van der Waals surface area (Å²) in [4.78, 5) is 16.2. The first-order valence-electron chi connectivity index (χ1n) is 8.71. The Kier molecular flexibility index (Phi) is 4.48. The molecular formula is C19H19N7O2. The van der Waals surface area contributed by atoms with E-state index in [0.29, 0.717) is 12.3 Å². The van der Waals surface area contributed by atoms with Crippen LogP contribution in [0.1, 0.15) is 16.7 Å². The van der Waals surface area contributed by atoms with E-state index in [1.807, 2.05) is 50.2 Å². The van der Waals surface area contributed by atoms with Crippen LogP contribution in [0.4, 0.5) is 0 Å². The standard InChI is InChI=1S/C19H19N7O2/c1-13-5-4-6-17(26-19(27)24(3)22-23-26)16(13)10-28-18-8-7-15(9-14(18)2)25-12-20-11-21-25/h4-9,11-12H,10H2,1-3H3. The summed E-state index contributed by atoms with van der Waals surface area (Å²) in [6.07, 6.45) is 3.14. The van der Waals surface area contributed by atoms with Crippen LogP contribution in [0.25, 0.3) is 11.4 Å². The topological polar surface area (TPSA) is 92.7 Å². The number of tetrazole rings is 1. The average Bonchev–Trinajstić information content (AvgIpc) is 3.33. The molecule has 2 aromatic carbocycles. The van der Waals surface area contributed by atoms with E-state index < -0.39 is 0 Å². The Balaban J connectivity index is 1.62. The summed E-state index contributed by atoms with van der Waals surface area (Å²) >= 11 is 0. The Bertz CT molecular complexity index is 1180. The molecule has 0 radical (unpaired) electrons. The lowest BCUT2D eigenvalue weighted by Crippen LogP contribution is -2.23. The van der Waals surface area contributed by atoms with Gasteiger partial charge in [0, 0.05) is 12.6 Å². The molecule has 4 rings (SSSR count). The second kappa shape index (κ2) is 7.10. The fourth-order valence-electron chi connectivity index (χ4n) is 2.97. The second-order valence-electron chi connectivity index (χ2n) is 6.45. The van der Waals surface area contributed by atoms with Gasteiger partial charge in [0.1, 0.15) is 25.0 Å². The molecule has 0 amide bonds. The fraction of sp³-hybridized carbons (Fsp3) is 0.211. The monoisotopic (exact) mass is 377 g/mol. The molecule has 0 spiro atoms. The Morgan fingerprint density at radius 3 is 2.61 bits per heavy atom. The average molecular weight is 377 g/mol. The highest BCUT2D eigenvalue weighted by Crippen LogP contribution is 2.24. The van der Waals surface area contributed by atoms with E-state index in [1.165, 1.54) is 15.7 Å². The van der Waals surface area contributed by atoms with Crippen molar-refractivity contribution < 1.29 is 4.74 Å². The fourth-order valence-corrected chi connectivity index (χ4v) is 2.97. The number of aromatic nitrogens is 7. The van der Waals surface area contributed by atoms with Gasteiger partial charge in [-0.3, -0.25) is 0 Å². The van der Waals surface area contributed by atoms with Gasteiger partial charge < -0.3 is 4.74 Å². The van der Waals surface area contributed by atoms with Crippen LogP contribution in [-0.4, -0.2) is 34.6 Å². The first-order chi connectivity index (χ1) is 13.5. The van der Waals surface area contributed by atoms with Crippen molar-refractivity contribution in [3.8, 4) is 17.1 Å². The molecular weight excluding hydrogens is 358 g/mol. The zero-order chi connectivity index (χ0) is 19.7. The minimum atomic E-state index is -0.305. The summed E-state index contributed by atoms with van der Waals surface area (Å²) in [5.41, 5.74) is 4.12. The third-order valence-electron chi connectivity index (χ3n) is 4.55. The Morgan fingerprint density at radius 2 is 1.93 bits per heavy atom. The van der Waals surface area contributed by atoms with Crippen molar-refractivity contribution in [1.29, 1.82) is 0 Å². The molecule has 9 heteroatoms. The predicted octanol–water partition coefficient (Wildman–Crippen LogP) is 1.74. The number of rotatable bonds is 5. The largest absolute Gasteiger partial charge is 0.489 e. The molecule has 9 nitrogen and oxygen atoms in total. The van der Waals surface area contributed by atoms with Crippen LogP contribution in [-0.2, 0) is 13.7 Å². The number of hydrogen-bond acceptors (Lipinski definition) is 6. The maximum atomic E-state index is 12.3. The van der Waals surface area contributed by atoms with E-state index >= 15 is 0 Å². The van der Waals surface area contributed by atoms with Crippen LogP contribution in [0.15, 0.2) is 53.8 Å². The van der Waals surface area contributed by atoms with Gasteiger partial charge >= 0.3 is 5.69 Å². The Morgan fingerprint density at radius 1 is 1.07 bits per heavy atom. The number of aryl methyl sites for hydroxylation is 3. The van der Waals surface area contributed by atoms with Crippen molar-refractivity contribution in [1.82, 2.24) is 34.6 Å². The van der Waals surface area contributed by atoms with E-state index in [4.69, 9.17) is 4.74 Å². The zero-order valence-electron chi connectivity index (χ0n) is 15.8. The molecule has 0 aliphatic heterocycles. The van der Waals surface area contributed by atoms with Gasteiger partial charge in [-0.25, -0.2) is 14.5 Å². The molecule has 142 valence electrons. The van der Waals surface area contributed by atoms with Crippen LogP contribution < -0.4 is 10.4 Å². The molecule has 2 aromatic heterocycles. The van der Waals surface area contributed by atoms with Crippen LogP contribution in [0.3, 0.4) is 0 Å². The van der Waals surface area contributed by atoms with Gasteiger partial charge in [-0.2, -0.15) is 14.5 Å². The van der Waals surface area contributed by atoms with Crippen molar-refractivity contribution in [3.05, 3.63) is 76.2 Å². The lowest BCUT2D eigenvalue weighted by Gasteiger charge is -2.14. The highest BCUT2D eigenvalue weighted by atomic mass is 16.5.